The van der Waals surface area contributed by atoms with Gasteiger partial charge in [-0.05, 0) is 31.5 Å². The van der Waals surface area contributed by atoms with Gasteiger partial charge >= 0.3 is 6.17 Å². The van der Waals surface area contributed by atoms with Crippen LogP contribution in [0.2, 0.25) is 0 Å². The highest BCUT2D eigenvalue weighted by Gasteiger charge is 2.44. The molecular formula is C20H22F2N5O3+. The highest BCUT2D eigenvalue weighted by molar-refractivity contribution is 5.86. The van der Waals surface area contributed by atoms with Gasteiger partial charge in [-0.2, -0.15) is 5.26 Å². The van der Waals surface area contributed by atoms with Gasteiger partial charge in [0.1, 0.15) is 0 Å². The molecule has 158 valence electrons. The first kappa shape index (κ1) is 21.5. The quantitative estimate of drug-likeness (QED) is 0.649. The van der Waals surface area contributed by atoms with Crippen molar-refractivity contribution in [2.24, 2.45) is 5.92 Å². The van der Waals surface area contributed by atoms with E-state index in [0.29, 0.717) is 11.3 Å². The number of pyridine rings is 1. The Hall–Kier alpha value is -3.19. The second-order valence-corrected chi connectivity index (χ2v) is 7.58. The number of aromatic amines is 1. The number of nitroso groups, excluding NO2 is 1. The van der Waals surface area contributed by atoms with Crippen LogP contribution in [0.25, 0.3) is 10.9 Å². The normalized spacial score (nSPS) is 22.5. The highest BCUT2D eigenvalue weighted by Crippen LogP contribution is 2.23. The van der Waals surface area contributed by atoms with Crippen LogP contribution in [-0.2, 0) is 11.2 Å². The van der Waals surface area contributed by atoms with E-state index in [1.54, 1.807) is 13.8 Å². The van der Waals surface area contributed by atoms with Crippen molar-refractivity contribution in [1.29, 1.82) is 5.26 Å². The van der Waals surface area contributed by atoms with Crippen molar-refractivity contribution in [2.45, 2.75) is 45.4 Å². The molecule has 0 aliphatic carbocycles. The maximum absolute atomic E-state index is 14.2. The Kier molecular flexibility index (Phi) is 5.94. The summed E-state index contributed by atoms with van der Waals surface area (Å²) < 4.78 is 28.5. The van der Waals surface area contributed by atoms with Crippen LogP contribution in [0.3, 0.4) is 0 Å². The number of aromatic nitrogens is 1. The standard InChI is InChI=1S/C20H21F2N5O3/c1-9-12(20(29)26-15-5-4-14(21)19(22)18(9)15)6-17(28)25-10(2)13-8-24-16(7-23)27(30)11(13)3/h4-5,10-11,13,16,24H,6,8H2,1-3H3,(H-,25,26,28,29)/p+1/t10-,11?,13?,16?/m1/s1. The molecule has 1 aromatic carbocycles. The zero-order valence-electron chi connectivity index (χ0n) is 16.8. The number of carbonyl (C=O) groups is 1. The van der Waals surface area contributed by atoms with Crippen LogP contribution in [0.1, 0.15) is 25.0 Å². The molecule has 1 fully saturated rings. The number of carbonyl (C=O) groups excluding carboxylic acids is 1. The average molecular weight is 418 g/mol. The first-order valence-corrected chi connectivity index (χ1v) is 9.53. The molecule has 2 aromatic rings. The largest absolute Gasteiger partial charge is 0.353 e. The van der Waals surface area contributed by atoms with E-state index in [-0.39, 0.29) is 34.4 Å². The van der Waals surface area contributed by atoms with Gasteiger partial charge in [0.2, 0.25) is 11.9 Å². The maximum atomic E-state index is 14.2. The number of halogens is 2. The van der Waals surface area contributed by atoms with E-state index < -0.39 is 41.4 Å². The smallest absolute Gasteiger partial charge is 0.341 e. The SMILES string of the molecule is Cc1c(CC(=O)N[C@H](C)C2CNC(C#N)[N+](=O)C2C)c(=O)[nH]c2ccc(F)c(F)c12. The molecule has 3 unspecified atom stereocenters. The lowest BCUT2D eigenvalue weighted by atomic mass is 9.91. The summed E-state index contributed by atoms with van der Waals surface area (Å²) in [6.45, 7) is 5.24. The fraction of sp³-hybridized carbons (Fsp3) is 0.450. The van der Waals surface area contributed by atoms with Gasteiger partial charge < -0.3 is 10.3 Å². The van der Waals surface area contributed by atoms with Crippen LogP contribution in [-0.4, -0.2) is 40.4 Å². The molecule has 3 N–H and O–H groups in total. The summed E-state index contributed by atoms with van der Waals surface area (Å²) in [6.07, 6.45) is -1.26. The van der Waals surface area contributed by atoms with Gasteiger partial charge in [-0.3, -0.25) is 9.59 Å². The minimum atomic E-state index is -1.08. The van der Waals surface area contributed by atoms with E-state index in [9.17, 15) is 23.3 Å². The summed E-state index contributed by atoms with van der Waals surface area (Å²) >= 11 is 0. The minimum absolute atomic E-state index is 0.0431. The first-order chi connectivity index (χ1) is 14.1. The number of aryl methyl sites for hydroxylation is 1. The molecule has 0 saturated carbocycles. The van der Waals surface area contributed by atoms with Crippen LogP contribution < -0.4 is 16.2 Å². The van der Waals surface area contributed by atoms with E-state index in [4.69, 9.17) is 5.26 Å². The van der Waals surface area contributed by atoms with Gasteiger partial charge in [0, 0.05) is 40.1 Å². The number of hydrogen-bond acceptors (Lipinski definition) is 5. The molecule has 1 amide bonds. The number of fused-ring (bicyclic) bond motifs is 1. The zero-order valence-corrected chi connectivity index (χ0v) is 16.8. The zero-order chi connectivity index (χ0) is 22.2. The number of nitriles is 1. The number of hydrogen-bond donors (Lipinski definition) is 3. The Balaban J connectivity index is 1.79. The maximum Gasteiger partial charge on any atom is 0.341 e. The van der Waals surface area contributed by atoms with Gasteiger partial charge in [0.05, 0.1) is 17.9 Å². The van der Waals surface area contributed by atoms with E-state index in [1.807, 2.05) is 6.07 Å². The highest BCUT2D eigenvalue weighted by atomic mass is 19.2. The summed E-state index contributed by atoms with van der Waals surface area (Å²) in [6, 6.07) is 3.14. The number of nitrogens with zero attached hydrogens (tertiary/aromatic N) is 2. The predicted molar refractivity (Wildman–Crippen MR) is 105 cm³/mol. The number of rotatable bonds is 4. The molecule has 1 aromatic heterocycles. The van der Waals surface area contributed by atoms with E-state index in [0.717, 1.165) is 6.07 Å². The van der Waals surface area contributed by atoms with E-state index in [2.05, 4.69) is 15.6 Å². The molecule has 1 aliphatic heterocycles. The van der Waals surface area contributed by atoms with Crippen LogP contribution >= 0.6 is 0 Å². The third-order valence-electron chi connectivity index (χ3n) is 5.76. The van der Waals surface area contributed by atoms with Gasteiger partial charge in [-0.25, -0.2) is 14.1 Å². The fourth-order valence-corrected chi connectivity index (χ4v) is 3.95. The molecule has 10 heteroatoms. The van der Waals surface area contributed by atoms with Gasteiger partial charge in [-0.1, -0.05) is 0 Å². The third-order valence-corrected chi connectivity index (χ3v) is 5.76. The van der Waals surface area contributed by atoms with Gasteiger partial charge in [-0.15, -0.1) is 0 Å². The van der Waals surface area contributed by atoms with Crippen molar-refractivity contribution in [3.8, 4) is 6.07 Å². The van der Waals surface area contributed by atoms with E-state index >= 15 is 0 Å². The van der Waals surface area contributed by atoms with Gasteiger partial charge in [0.15, 0.2) is 17.7 Å². The second-order valence-electron chi connectivity index (χ2n) is 7.58. The molecule has 0 radical (unpaired) electrons. The topological polar surface area (TPSA) is 118 Å². The van der Waals surface area contributed by atoms with Crippen LogP contribution in [0.4, 0.5) is 8.78 Å². The summed E-state index contributed by atoms with van der Waals surface area (Å²) in [7, 11) is 0. The summed E-state index contributed by atoms with van der Waals surface area (Å²) in [5.41, 5.74) is -0.159. The lowest BCUT2D eigenvalue weighted by Crippen LogP contribution is -2.58. The Morgan fingerprint density at radius 2 is 2.13 bits per heavy atom. The second kappa shape index (κ2) is 8.28. The van der Waals surface area contributed by atoms with Crippen molar-refractivity contribution in [1.82, 2.24) is 15.6 Å². The van der Waals surface area contributed by atoms with Crippen molar-refractivity contribution in [2.75, 3.05) is 6.54 Å². The molecule has 0 bridgehead atoms. The molecule has 8 nitrogen and oxygen atoms in total. The third kappa shape index (κ3) is 3.80. The van der Waals surface area contributed by atoms with Crippen LogP contribution in [0.15, 0.2) is 16.9 Å². The van der Waals surface area contributed by atoms with Crippen molar-refractivity contribution >= 4 is 16.8 Å². The monoisotopic (exact) mass is 418 g/mol. The number of benzene rings is 1. The van der Waals surface area contributed by atoms with Crippen LogP contribution in [0.5, 0.6) is 0 Å². The first-order valence-electron chi connectivity index (χ1n) is 9.53. The molecule has 0 spiro atoms. The van der Waals surface area contributed by atoms with E-state index in [1.165, 1.54) is 13.0 Å². The molecular weight excluding hydrogens is 396 g/mol. The van der Waals surface area contributed by atoms with Crippen molar-refractivity contribution < 1.29 is 18.3 Å². The Morgan fingerprint density at radius 3 is 2.80 bits per heavy atom. The Labute approximate surface area is 170 Å². The summed E-state index contributed by atoms with van der Waals surface area (Å²) in [5.74, 6) is -2.88. The molecule has 1 aliphatic rings. The summed E-state index contributed by atoms with van der Waals surface area (Å²) in [4.78, 5) is 39.6. The number of amides is 1. The average Bonchev–Trinajstić information content (AvgIpc) is 2.69. The molecule has 2 heterocycles. The minimum Gasteiger partial charge on any atom is -0.353 e. The molecule has 3 rings (SSSR count). The molecule has 1 saturated heterocycles. The number of nitrogens with one attached hydrogen (secondary N) is 3. The van der Waals surface area contributed by atoms with Crippen molar-refractivity contribution in [3.63, 3.8) is 0 Å². The lowest BCUT2D eigenvalue weighted by Gasteiger charge is -2.30. The van der Waals surface area contributed by atoms with Gasteiger partial charge in [0.25, 0.3) is 5.56 Å². The van der Waals surface area contributed by atoms with Crippen molar-refractivity contribution in [3.05, 3.63) is 50.2 Å². The molecule has 4 atom stereocenters. The Bertz CT molecular complexity index is 1120. The predicted octanol–water partition coefficient (Wildman–Crippen LogP) is 1.40. The Morgan fingerprint density at radius 1 is 1.43 bits per heavy atom. The lowest BCUT2D eigenvalue weighted by molar-refractivity contribution is -0.627. The van der Waals surface area contributed by atoms with Crippen LogP contribution in [0, 0.1) is 40.7 Å². The fourth-order valence-electron chi connectivity index (χ4n) is 3.95. The molecule has 30 heavy (non-hydrogen) atoms. The number of H-pyrrole nitrogens is 1. The summed E-state index contributed by atoms with van der Waals surface area (Å²) in [5, 5.41) is 14.5.